The Morgan fingerprint density at radius 1 is 0.396 bits per heavy atom. The molecule has 0 atom stereocenters. The molecule has 0 radical (unpaired) electrons. The number of benzene rings is 7. The van der Waals surface area contributed by atoms with Gasteiger partial charge in [-0.25, -0.2) is 15.0 Å². The number of fused-ring (bicyclic) bond motifs is 9. The molecule has 0 amide bonds. The largest absolute Gasteiger partial charge is 0.309 e. The van der Waals surface area contributed by atoms with Gasteiger partial charge in [-0.3, -0.25) is 0 Å². The lowest BCUT2D eigenvalue weighted by atomic mass is 9.75. The molecule has 1 aliphatic heterocycles. The Hall–Kier alpha value is -6.85. The Bertz CT molecular complexity index is 3000. The molecular formula is C48H33N5. The number of aromatic nitrogens is 5. The second kappa shape index (κ2) is 11.1. The SMILES string of the molecule is CC1(C)c2ccccc2-n2c3c1cccc3c1ccc3c(c4ccccc4n3-c3ccc(-c4nc(-c5ccccc5)nc(-c5ccccc5)n4)cc3)c12. The lowest BCUT2D eigenvalue weighted by Gasteiger charge is -2.34. The summed E-state index contributed by atoms with van der Waals surface area (Å²) >= 11 is 0. The van der Waals surface area contributed by atoms with Gasteiger partial charge in [-0.1, -0.05) is 135 Å². The fraction of sp³-hybridized carbons (Fsp3) is 0.0625. The Morgan fingerprint density at radius 3 is 1.64 bits per heavy atom. The summed E-state index contributed by atoms with van der Waals surface area (Å²) in [7, 11) is 0. The van der Waals surface area contributed by atoms with Gasteiger partial charge in [0.05, 0.1) is 27.8 Å². The Kier molecular flexibility index (Phi) is 6.23. The minimum absolute atomic E-state index is 0.114. The van der Waals surface area contributed by atoms with Gasteiger partial charge in [0.25, 0.3) is 0 Å². The van der Waals surface area contributed by atoms with E-state index >= 15 is 0 Å². The summed E-state index contributed by atoms with van der Waals surface area (Å²) in [5.41, 5.74) is 12.7. The molecule has 0 bridgehead atoms. The second-order valence-corrected chi connectivity index (χ2v) is 14.5. The summed E-state index contributed by atoms with van der Waals surface area (Å²) in [6, 6.07) is 58.1. The highest BCUT2D eigenvalue weighted by molar-refractivity contribution is 6.26. The van der Waals surface area contributed by atoms with Crippen molar-refractivity contribution >= 4 is 43.6 Å². The summed E-state index contributed by atoms with van der Waals surface area (Å²) in [5, 5.41) is 5.07. The van der Waals surface area contributed by atoms with Crippen LogP contribution in [0, 0.1) is 0 Å². The third kappa shape index (κ3) is 4.28. The second-order valence-electron chi connectivity index (χ2n) is 14.5. The molecule has 7 aromatic carbocycles. The molecule has 5 nitrogen and oxygen atoms in total. The zero-order valence-corrected chi connectivity index (χ0v) is 29.3. The van der Waals surface area contributed by atoms with Crippen LogP contribution in [0.15, 0.2) is 164 Å². The molecule has 5 heteroatoms. The number of rotatable bonds is 4. The van der Waals surface area contributed by atoms with E-state index in [1.54, 1.807) is 0 Å². The lowest BCUT2D eigenvalue weighted by molar-refractivity contribution is 0.630. The summed E-state index contributed by atoms with van der Waals surface area (Å²) in [4.78, 5) is 14.8. The van der Waals surface area contributed by atoms with Crippen molar-refractivity contribution in [2.75, 3.05) is 0 Å². The monoisotopic (exact) mass is 679 g/mol. The maximum Gasteiger partial charge on any atom is 0.164 e. The van der Waals surface area contributed by atoms with Crippen LogP contribution in [0.3, 0.4) is 0 Å². The third-order valence-corrected chi connectivity index (χ3v) is 11.2. The first-order valence-electron chi connectivity index (χ1n) is 18.1. The molecule has 53 heavy (non-hydrogen) atoms. The summed E-state index contributed by atoms with van der Waals surface area (Å²) < 4.78 is 4.94. The van der Waals surface area contributed by atoms with E-state index in [0.717, 1.165) is 22.4 Å². The average molecular weight is 680 g/mol. The predicted octanol–water partition coefficient (Wildman–Crippen LogP) is 11.7. The summed E-state index contributed by atoms with van der Waals surface area (Å²) in [5.74, 6) is 1.95. The van der Waals surface area contributed by atoms with Crippen LogP contribution >= 0.6 is 0 Å². The van der Waals surface area contributed by atoms with Gasteiger partial charge in [0.2, 0.25) is 0 Å². The lowest BCUT2D eigenvalue weighted by Crippen LogP contribution is -2.26. The zero-order valence-electron chi connectivity index (χ0n) is 29.3. The van der Waals surface area contributed by atoms with Crippen LogP contribution in [0.5, 0.6) is 0 Å². The maximum absolute atomic E-state index is 4.98. The predicted molar refractivity (Wildman–Crippen MR) is 217 cm³/mol. The first-order valence-corrected chi connectivity index (χ1v) is 18.1. The molecule has 0 saturated heterocycles. The van der Waals surface area contributed by atoms with Crippen molar-refractivity contribution in [1.82, 2.24) is 24.1 Å². The minimum Gasteiger partial charge on any atom is -0.309 e. The van der Waals surface area contributed by atoms with E-state index in [1.165, 1.54) is 60.4 Å². The highest BCUT2D eigenvalue weighted by Crippen LogP contribution is 2.49. The van der Waals surface area contributed by atoms with Crippen LogP contribution in [0.1, 0.15) is 25.0 Å². The van der Waals surface area contributed by atoms with Crippen molar-refractivity contribution in [3.63, 3.8) is 0 Å². The molecule has 0 saturated carbocycles. The zero-order chi connectivity index (χ0) is 35.3. The smallest absolute Gasteiger partial charge is 0.164 e. The van der Waals surface area contributed by atoms with Crippen LogP contribution in [-0.4, -0.2) is 24.1 Å². The Balaban J connectivity index is 1.13. The van der Waals surface area contributed by atoms with Crippen LogP contribution in [0.2, 0.25) is 0 Å². The fourth-order valence-corrected chi connectivity index (χ4v) is 8.67. The quantitative estimate of drug-likeness (QED) is 0.186. The van der Waals surface area contributed by atoms with Crippen LogP contribution in [0.4, 0.5) is 0 Å². The van der Waals surface area contributed by atoms with Gasteiger partial charge in [-0.05, 0) is 53.6 Å². The van der Waals surface area contributed by atoms with Gasteiger partial charge >= 0.3 is 0 Å². The Morgan fingerprint density at radius 2 is 0.943 bits per heavy atom. The van der Waals surface area contributed by atoms with Crippen molar-refractivity contribution in [2.24, 2.45) is 0 Å². The van der Waals surface area contributed by atoms with Crippen molar-refractivity contribution in [1.29, 1.82) is 0 Å². The van der Waals surface area contributed by atoms with E-state index < -0.39 is 0 Å². The third-order valence-electron chi connectivity index (χ3n) is 11.2. The van der Waals surface area contributed by atoms with E-state index in [1.807, 2.05) is 60.7 Å². The molecular weight excluding hydrogens is 647 g/mol. The van der Waals surface area contributed by atoms with E-state index in [0.29, 0.717) is 17.5 Å². The summed E-state index contributed by atoms with van der Waals surface area (Å²) in [6.45, 7) is 4.71. The average Bonchev–Trinajstić information content (AvgIpc) is 3.74. The molecule has 0 N–H and O–H groups in total. The molecule has 10 aromatic rings. The van der Waals surface area contributed by atoms with Crippen LogP contribution in [0.25, 0.3) is 89.2 Å². The van der Waals surface area contributed by atoms with Crippen LogP contribution in [-0.2, 0) is 5.41 Å². The van der Waals surface area contributed by atoms with Crippen molar-refractivity contribution < 1.29 is 0 Å². The van der Waals surface area contributed by atoms with E-state index in [-0.39, 0.29) is 5.41 Å². The topological polar surface area (TPSA) is 48.5 Å². The molecule has 11 rings (SSSR count). The van der Waals surface area contributed by atoms with Gasteiger partial charge < -0.3 is 9.13 Å². The van der Waals surface area contributed by atoms with E-state index in [2.05, 4.69) is 126 Å². The van der Waals surface area contributed by atoms with Crippen molar-refractivity contribution in [2.45, 2.75) is 19.3 Å². The standard InChI is InChI=1S/C48H33N5/c1-48(2)37-20-10-12-23-40(37)53-43-34(19-13-21-38(43)48)35-28-29-41-42(44(35)53)36-18-9-11-22-39(36)52(41)33-26-24-32(25-27-33)47-50-45(30-14-5-3-6-15-30)49-46(51-47)31-16-7-4-8-17-31/h3-29H,1-2H3. The van der Waals surface area contributed by atoms with Crippen LogP contribution < -0.4 is 0 Å². The van der Waals surface area contributed by atoms with Crippen molar-refractivity contribution in [3.05, 3.63) is 175 Å². The van der Waals surface area contributed by atoms with Gasteiger partial charge in [-0.15, -0.1) is 0 Å². The Labute approximate surface area is 306 Å². The molecule has 0 spiro atoms. The molecule has 1 aliphatic rings. The highest BCUT2D eigenvalue weighted by atomic mass is 15.0. The van der Waals surface area contributed by atoms with Gasteiger partial charge in [0, 0.05) is 49.3 Å². The molecule has 250 valence electrons. The molecule has 4 heterocycles. The molecule has 3 aromatic heterocycles. The number of hydrogen-bond acceptors (Lipinski definition) is 3. The van der Waals surface area contributed by atoms with E-state index in [4.69, 9.17) is 15.0 Å². The fourth-order valence-electron chi connectivity index (χ4n) is 8.67. The molecule has 0 aliphatic carbocycles. The van der Waals surface area contributed by atoms with Gasteiger partial charge in [0.15, 0.2) is 17.5 Å². The van der Waals surface area contributed by atoms with E-state index in [9.17, 15) is 0 Å². The normalized spacial score (nSPS) is 13.2. The van der Waals surface area contributed by atoms with Crippen molar-refractivity contribution in [3.8, 4) is 45.5 Å². The first kappa shape index (κ1) is 29.8. The number of para-hydroxylation sites is 3. The highest BCUT2D eigenvalue weighted by Gasteiger charge is 2.35. The molecule has 0 unspecified atom stereocenters. The summed E-state index contributed by atoms with van der Waals surface area (Å²) in [6.07, 6.45) is 0. The minimum atomic E-state index is -0.114. The van der Waals surface area contributed by atoms with Gasteiger partial charge in [-0.2, -0.15) is 0 Å². The maximum atomic E-state index is 4.98. The first-order chi connectivity index (χ1) is 26.1. The van der Waals surface area contributed by atoms with Gasteiger partial charge in [0.1, 0.15) is 0 Å². The number of hydrogen-bond donors (Lipinski definition) is 0. The number of nitrogens with zero attached hydrogens (tertiary/aromatic N) is 5. The molecule has 0 fully saturated rings.